The lowest BCUT2D eigenvalue weighted by atomic mass is 9.91. The summed E-state index contributed by atoms with van der Waals surface area (Å²) in [5.74, 6) is -0.454. The van der Waals surface area contributed by atoms with Crippen LogP contribution in [0.1, 0.15) is 50.5 Å². The van der Waals surface area contributed by atoms with E-state index < -0.39 is 11.6 Å². The molecule has 0 saturated carbocycles. The highest BCUT2D eigenvalue weighted by molar-refractivity contribution is 5.79. The molecule has 27 heavy (non-hydrogen) atoms. The molecule has 0 spiro atoms. The van der Waals surface area contributed by atoms with Gasteiger partial charge in [-0.15, -0.1) is 0 Å². The van der Waals surface area contributed by atoms with Gasteiger partial charge < -0.3 is 9.80 Å². The minimum atomic E-state index is -0.558. The molecule has 2 amide bonds. The average Bonchev–Trinajstić information content (AvgIpc) is 2.67. The van der Waals surface area contributed by atoms with Crippen LogP contribution in [0.2, 0.25) is 0 Å². The van der Waals surface area contributed by atoms with Crippen LogP contribution in [0.25, 0.3) is 0 Å². The molecule has 0 aromatic heterocycles. The third-order valence-electron chi connectivity index (χ3n) is 5.73. The second-order valence-electron chi connectivity index (χ2n) is 7.71. The summed E-state index contributed by atoms with van der Waals surface area (Å²) in [6.07, 6.45) is 6.27. The lowest BCUT2D eigenvalue weighted by molar-refractivity contribution is -0.136. The zero-order valence-corrected chi connectivity index (χ0v) is 15.8. The fraction of sp³-hybridized carbons (Fsp3) is 0.619. The van der Waals surface area contributed by atoms with Gasteiger partial charge in [-0.2, -0.15) is 0 Å². The number of nitrogens with zero attached hydrogens (tertiary/aromatic N) is 2. The smallest absolute Gasteiger partial charge is 0.224 e. The molecule has 1 atom stereocenters. The first-order valence-electron chi connectivity index (χ1n) is 10.0. The van der Waals surface area contributed by atoms with E-state index in [9.17, 15) is 18.4 Å². The fourth-order valence-electron chi connectivity index (χ4n) is 4.10. The number of amides is 2. The van der Waals surface area contributed by atoms with E-state index in [1.165, 1.54) is 12.1 Å². The van der Waals surface area contributed by atoms with E-state index in [0.717, 1.165) is 51.3 Å². The highest BCUT2D eigenvalue weighted by Gasteiger charge is 2.25. The van der Waals surface area contributed by atoms with Crippen molar-refractivity contribution in [3.63, 3.8) is 0 Å². The Labute approximate surface area is 159 Å². The van der Waals surface area contributed by atoms with Gasteiger partial charge in [-0.3, -0.25) is 9.59 Å². The van der Waals surface area contributed by atoms with E-state index in [-0.39, 0.29) is 11.8 Å². The predicted molar refractivity (Wildman–Crippen MR) is 99.0 cm³/mol. The molecule has 1 aromatic carbocycles. The normalized spacial score (nSPS) is 20.8. The van der Waals surface area contributed by atoms with E-state index in [2.05, 4.69) is 0 Å². The first kappa shape index (κ1) is 19.8. The van der Waals surface area contributed by atoms with Crippen molar-refractivity contribution in [1.82, 2.24) is 9.80 Å². The Morgan fingerprint density at radius 1 is 1.15 bits per heavy atom. The Morgan fingerprint density at radius 2 is 2.00 bits per heavy atom. The number of piperidine rings is 2. The van der Waals surface area contributed by atoms with Crippen molar-refractivity contribution in [2.75, 3.05) is 26.2 Å². The molecule has 0 N–H and O–H groups in total. The van der Waals surface area contributed by atoms with Crippen LogP contribution in [0.5, 0.6) is 0 Å². The van der Waals surface area contributed by atoms with Crippen LogP contribution in [-0.4, -0.2) is 47.8 Å². The minimum absolute atomic E-state index is 0.103. The van der Waals surface area contributed by atoms with E-state index in [0.29, 0.717) is 43.8 Å². The van der Waals surface area contributed by atoms with Crippen molar-refractivity contribution in [1.29, 1.82) is 0 Å². The molecule has 4 nitrogen and oxygen atoms in total. The molecule has 0 unspecified atom stereocenters. The van der Waals surface area contributed by atoms with Gasteiger partial charge in [0.05, 0.1) is 0 Å². The van der Waals surface area contributed by atoms with Crippen molar-refractivity contribution >= 4 is 11.8 Å². The topological polar surface area (TPSA) is 40.6 Å². The van der Waals surface area contributed by atoms with Gasteiger partial charge in [0.2, 0.25) is 11.8 Å². The maximum atomic E-state index is 13.8. The molecule has 0 aliphatic carbocycles. The quantitative estimate of drug-likeness (QED) is 0.760. The number of rotatable bonds is 6. The van der Waals surface area contributed by atoms with Crippen molar-refractivity contribution < 1.29 is 18.4 Å². The van der Waals surface area contributed by atoms with Crippen LogP contribution in [0.15, 0.2) is 18.2 Å². The number of carbonyl (C=O) groups is 2. The Bertz CT molecular complexity index is 680. The van der Waals surface area contributed by atoms with Crippen LogP contribution in [0.4, 0.5) is 8.78 Å². The third kappa shape index (κ3) is 5.50. The van der Waals surface area contributed by atoms with Gasteiger partial charge in [0.1, 0.15) is 11.6 Å². The molecule has 0 bridgehead atoms. The zero-order valence-electron chi connectivity index (χ0n) is 15.8. The lowest BCUT2D eigenvalue weighted by Gasteiger charge is -2.34. The van der Waals surface area contributed by atoms with Gasteiger partial charge in [-0.25, -0.2) is 8.78 Å². The summed E-state index contributed by atoms with van der Waals surface area (Å²) in [6.45, 7) is 2.72. The molecule has 3 rings (SSSR count). The van der Waals surface area contributed by atoms with Crippen molar-refractivity contribution in [3.05, 3.63) is 35.4 Å². The first-order chi connectivity index (χ1) is 13.0. The van der Waals surface area contributed by atoms with Gasteiger partial charge in [0.15, 0.2) is 0 Å². The minimum Gasteiger partial charge on any atom is -0.342 e. The van der Waals surface area contributed by atoms with E-state index >= 15 is 0 Å². The van der Waals surface area contributed by atoms with Crippen LogP contribution in [0.3, 0.4) is 0 Å². The molecule has 2 aliphatic rings. The molecule has 148 valence electrons. The molecular formula is C21H28F2N2O2. The largest absolute Gasteiger partial charge is 0.342 e. The Hall–Kier alpha value is -1.98. The van der Waals surface area contributed by atoms with E-state index in [4.69, 9.17) is 0 Å². The number of halogens is 2. The number of hydrogen-bond donors (Lipinski definition) is 0. The molecular weight excluding hydrogens is 350 g/mol. The molecule has 6 heteroatoms. The Balaban J connectivity index is 1.45. The van der Waals surface area contributed by atoms with Crippen molar-refractivity contribution in [2.24, 2.45) is 5.92 Å². The second-order valence-corrected chi connectivity index (χ2v) is 7.71. The van der Waals surface area contributed by atoms with Gasteiger partial charge in [0, 0.05) is 45.1 Å². The maximum absolute atomic E-state index is 13.8. The van der Waals surface area contributed by atoms with Crippen LogP contribution in [-0.2, 0) is 16.0 Å². The van der Waals surface area contributed by atoms with Crippen molar-refractivity contribution in [2.45, 2.75) is 51.4 Å². The van der Waals surface area contributed by atoms with Crippen LogP contribution >= 0.6 is 0 Å². The molecule has 1 aromatic rings. The van der Waals surface area contributed by atoms with Gasteiger partial charge in [-0.05, 0) is 56.1 Å². The van der Waals surface area contributed by atoms with E-state index in [1.807, 2.05) is 4.90 Å². The zero-order chi connectivity index (χ0) is 19.2. The summed E-state index contributed by atoms with van der Waals surface area (Å²) in [6, 6.07) is 3.72. The molecule has 0 radical (unpaired) electrons. The number of likely N-dealkylation sites (tertiary alicyclic amines) is 2. The monoisotopic (exact) mass is 378 g/mol. The summed E-state index contributed by atoms with van der Waals surface area (Å²) in [5, 5.41) is 0. The number of benzene rings is 1. The summed E-state index contributed by atoms with van der Waals surface area (Å²) in [7, 11) is 0. The summed E-state index contributed by atoms with van der Waals surface area (Å²) < 4.78 is 26.8. The standard InChI is InChI=1S/C21H28F2N2O2/c22-18-9-8-17(19(23)14-18)7-6-16-4-3-12-25(15-16)21(27)10-13-24-11-2-1-5-20(24)26/h8-9,14,16H,1-7,10-13,15H2/t16-/m0/s1. The second kappa shape index (κ2) is 9.29. The summed E-state index contributed by atoms with van der Waals surface area (Å²) in [4.78, 5) is 28.1. The molecule has 2 saturated heterocycles. The number of hydrogen-bond acceptors (Lipinski definition) is 2. The third-order valence-corrected chi connectivity index (χ3v) is 5.73. The molecule has 2 fully saturated rings. The number of carbonyl (C=O) groups excluding carboxylic acids is 2. The fourth-order valence-corrected chi connectivity index (χ4v) is 4.10. The van der Waals surface area contributed by atoms with E-state index in [1.54, 1.807) is 4.90 Å². The van der Waals surface area contributed by atoms with Crippen molar-refractivity contribution in [3.8, 4) is 0 Å². The van der Waals surface area contributed by atoms with Gasteiger partial charge >= 0.3 is 0 Å². The van der Waals surface area contributed by atoms with Crippen LogP contribution < -0.4 is 0 Å². The summed E-state index contributed by atoms with van der Waals surface area (Å²) >= 11 is 0. The SMILES string of the molecule is O=C1CCCCN1CCC(=O)N1CCC[C@@H](CCc2ccc(F)cc2F)C1. The first-order valence-corrected chi connectivity index (χ1v) is 10.0. The summed E-state index contributed by atoms with van der Waals surface area (Å²) in [5.41, 5.74) is 0.531. The highest BCUT2D eigenvalue weighted by Crippen LogP contribution is 2.23. The Morgan fingerprint density at radius 3 is 2.78 bits per heavy atom. The van der Waals surface area contributed by atoms with Gasteiger partial charge in [-0.1, -0.05) is 6.07 Å². The molecule has 2 aliphatic heterocycles. The molecule has 2 heterocycles. The Kier molecular flexibility index (Phi) is 6.80. The average molecular weight is 378 g/mol. The highest BCUT2D eigenvalue weighted by atomic mass is 19.1. The van der Waals surface area contributed by atoms with Gasteiger partial charge in [0.25, 0.3) is 0 Å². The maximum Gasteiger partial charge on any atom is 0.224 e. The van der Waals surface area contributed by atoms with Crippen LogP contribution in [0, 0.1) is 17.6 Å². The predicted octanol–water partition coefficient (Wildman–Crippen LogP) is 3.54. The lowest BCUT2D eigenvalue weighted by Crippen LogP contribution is -2.43. The number of aryl methyl sites for hydroxylation is 1.